The van der Waals surface area contributed by atoms with E-state index in [1.807, 2.05) is 18.3 Å². The van der Waals surface area contributed by atoms with E-state index in [-0.39, 0.29) is 11.5 Å². The van der Waals surface area contributed by atoms with Crippen LogP contribution < -0.4 is 15.5 Å². The normalized spacial score (nSPS) is 20.6. The molecule has 31 heavy (non-hydrogen) atoms. The Labute approximate surface area is 181 Å². The smallest absolute Gasteiger partial charge is 0.191 e. The van der Waals surface area contributed by atoms with E-state index in [0.29, 0.717) is 28.5 Å². The van der Waals surface area contributed by atoms with Gasteiger partial charge < -0.3 is 20.3 Å². The maximum atomic E-state index is 14.7. The SMILES string of the molecule is CCNC1CCN(c2cnc3nc(C4=C/C(=C/NC)C(=N)C(F)=C4OC)ccc3c2)C1. The molecule has 0 spiro atoms. The van der Waals surface area contributed by atoms with Crippen molar-refractivity contribution in [1.82, 2.24) is 20.6 Å². The number of fused-ring (bicyclic) bond motifs is 1. The van der Waals surface area contributed by atoms with Crippen LogP contribution in [0.1, 0.15) is 19.0 Å². The van der Waals surface area contributed by atoms with E-state index < -0.39 is 5.83 Å². The van der Waals surface area contributed by atoms with Gasteiger partial charge in [-0.1, -0.05) is 6.92 Å². The number of aromatic nitrogens is 2. The molecule has 3 heterocycles. The van der Waals surface area contributed by atoms with Crippen molar-refractivity contribution in [3.8, 4) is 0 Å². The molecule has 0 amide bonds. The molecule has 0 saturated carbocycles. The fourth-order valence-electron chi connectivity index (χ4n) is 4.08. The third kappa shape index (κ3) is 4.03. The number of hydrogen-bond acceptors (Lipinski definition) is 7. The van der Waals surface area contributed by atoms with Crippen molar-refractivity contribution >= 4 is 28.0 Å². The second kappa shape index (κ2) is 8.85. The summed E-state index contributed by atoms with van der Waals surface area (Å²) in [7, 11) is 3.10. The highest BCUT2D eigenvalue weighted by atomic mass is 19.1. The summed E-state index contributed by atoms with van der Waals surface area (Å²) < 4.78 is 20.0. The molecule has 8 heteroatoms. The lowest BCUT2D eigenvalue weighted by Gasteiger charge is -2.20. The molecule has 3 N–H and O–H groups in total. The van der Waals surface area contributed by atoms with E-state index in [2.05, 4.69) is 38.5 Å². The number of nitrogens with one attached hydrogen (secondary N) is 3. The van der Waals surface area contributed by atoms with Gasteiger partial charge in [0.2, 0.25) is 0 Å². The van der Waals surface area contributed by atoms with Crippen LogP contribution in [-0.4, -0.2) is 55.5 Å². The lowest BCUT2D eigenvalue weighted by Crippen LogP contribution is -2.32. The number of likely N-dealkylation sites (N-methyl/N-ethyl adjacent to an activating group) is 1. The molecule has 2 aromatic heterocycles. The van der Waals surface area contributed by atoms with Crippen molar-refractivity contribution in [2.24, 2.45) is 0 Å². The first kappa shape index (κ1) is 21.0. The largest absolute Gasteiger partial charge is 0.493 e. The zero-order valence-electron chi connectivity index (χ0n) is 18.0. The van der Waals surface area contributed by atoms with E-state index in [1.165, 1.54) is 7.11 Å². The summed E-state index contributed by atoms with van der Waals surface area (Å²) in [4.78, 5) is 11.6. The van der Waals surface area contributed by atoms with Crippen LogP contribution in [-0.2, 0) is 4.74 Å². The molecule has 0 radical (unpaired) electrons. The zero-order valence-corrected chi connectivity index (χ0v) is 18.0. The van der Waals surface area contributed by atoms with E-state index in [4.69, 9.17) is 10.1 Å². The van der Waals surface area contributed by atoms with Crippen LogP contribution in [0.5, 0.6) is 0 Å². The average molecular weight is 423 g/mol. The maximum absolute atomic E-state index is 14.7. The summed E-state index contributed by atoms with van der Waals surface area (Å²) in [6.45, 7) is 5.06. The summed E-state index contributed by atoms with van der Waals surface area (Å²) in [5.74, 6) is -0.704. The molecule has 0 bridgehead atoms. The number of anilines is 1. The zero-order chi connectivity index (χ0) is 22.0. The second-order valence-corrected chi connectivity index (χ2v) is 7.59. The Hall–Kier alpha value is -3.26. The highest BCUT2D eigenvalue weighted by Crippen LogP contribution is 2.34. The minimum absolute atomic E-state index is 0.00764. The van der Waals surface area contributed by atoms with Gasteiger partial charge in [0.05, 0.1) is 24.7 Å². The summed E-state index contributed by atoms with van der Waals surface area (Å²) >= 11 is 0. The molecular formula is C23H27FN6O. The number of nitrogens with zero attached hydrogens (tertiary/aromatic N) is 3. The molecule has 1 aliphatic heterocycles. The molecule has 1 aliphatic carbocycles. The molecule has 1 saturated heterocycles. The number of methoxy groups -OCH3 is 1. The quantitative estimate of drug-likeness (QED) is 0.663. The van der Waals surface area contributed by atoms with E-state index >= 15 is 0 Å². The van der Waals surface area contributed by atoms with Crippen LogP contribution in [0.2, 0.25) is 0 Å². The minimum Gasteiger partial charge on any atom is -0.493 e. The van der Waals surface area contributed by atoms with Crippen LogP contribution in [0.4, 0.5) is 10.1 Å². The summed E-state index contributed by atoms with van der Waals surface area (Å²) in [6.07, 6.45) is 6.25. The van der Waals surface area contributed by atoms with E-state index in [9.17, 15) is 4.39 Å². The molecule has 1 unspecified atom stereocenters. The van der Waals surface area contributed by atoms with Crippen molar-refractivity contribution in [3.63, 3.8) is 0 Å². The van der Waals surface area contributed by atoms with Gasteiger partial charge in [-0.25, -0.2) is 14.4 Å². The van der Waals surface area contributed by atoms with Crippen molar-refractivity contribution in [3.05, 3.63) is 59.5 Å². The van der Waals surface area contributed by atoms with Gasteiger partial charge in [0.1, 0.15) is 5.71 Å². The predicted molar refractivity (Wildman–Crippen MR) is 122 cm³/mol. The Morgan fingerprint density at radius 2 is 2.23 bits per heavy atom. The van der Waals surface area contributed by atoms with Crippen LogP contribution in [0.25, 0.3) is 16.6 Å². The summed E-state index contributed by atoms with van der Waals surface area (Å²) in [5, 5.41) is 15.3. The first-order valence-electron chi connectivity index (χ1n) is 10.4. The first-order chi connectivity index (χ1) is 15.0. The number of ether oxygens (including phenoxy) is 1. The first-order valence-corrected chi connectivity index (χ1v) is 10.4. The van der Waals surface area contributed by atoms with Gasteiger partial charge in [0, 0.05) is 48.9 Å². The van der Waals surface area contributed by atoms with Crippen molar-refractivity contribution < 1.29 is 9.13 Å². The Balaban J connectivity index is 1.67. The van der Waals surface area contributed by atoms with Gasteiger partial charge in [-0.05, 0) is 37.2 Å². The molecule has 4 rings (SSSR count). The molecule has 2 aliphatic rings. The third-order valence-electron chi connectivity index (χ3n) is 5.61. The summed E-state index contributed by atoms with van der Waals surface area (Å²) in [6, 6.07) is 6.38. The van der Waals surface area contributed by atoms with Gasteiger partial charge >= 0.3 is 0 Å². The fraction of sp³-hybridized carbons (Fsp3) is 0.348. The Bertz CT molecular complexity index is 1110. The predicted octanol–water partition coefficient (Wildman–Crippen LogP) is 3.17. The van der Waals surface area contributed by atoms with Crippen molar-refractivity contribution in [1.29, 1.82) is 5.41 Å². The van der Waals surface area contributed by atoms with Crippen LogP contribution >= 0.6 is 0 Å². The number of allylic oxidation sites excluding steroid dienone is 4. The fourth-order valence-corrected chi connectivity index (χ4v) is 4.08. The topological polar surface area (TPSA) is 86.2 Å². The Morgan fingerprint density at radius 3 is 2.97 bits per heavy atom. The molecule has 162 valence electrons. The highest BCUT2D eigenvalue weighted by Gasteiger charge is 2.27. The number of halogens is 1. The molecular weight excluding hydrogens is 395 g/mol. The average Bonchev–Trinajstić information content (AvgIpc) is 3.25. The van der Waals surface area contributed by atoms with Crippen LogP contribution in [0.15, 0.2) is 53.8 Å². The minimum atomic E-state index is -0.712. The van der Waals surface area contributed by atoms with Crippen molar-refractivity contribution in [2.45, 2.75) is 19.4 Å². The third-order valence-corrected chi connectivity index (χ3v) is 5.61. The van der Waals surface area contributed by atoms with Gasteiger partial charge in [-0.3, -0.25) is 5.41 Å². The highest BCUT2D eigenvalue weighted by molar-refractivity contribution is 6.16. The molecule has 0 aromatic carbocycles. The van der Waals surface area contributed by atoms with Gasteiger partial charge in [0.15, 0.2) is 17.2 Å². The van der Waals surface area contributed by atoms with Gasteiger partial charge in [0.25, 0.3) is 0 Å². The molecule has 1 fully saturated rings. The number of hydrogen-bond donors (Lipinski definition) is 3. The van der Waals surface area contributed by atoms with Gasteiger partial charge in [-0.2, -0.15) is 0 Å². The molecule has 1 atom stereocenters. The lowest BCUT2D eigenvalue weighted by atomic mass is 9.95. The molecule has 2 aromatic rings. The number of rotatable bonds is 6. The van der Waals surface area contributed by atoms with Gasteiger partial charge in [-0.15, -0.1) is 0 Å². The Morgan fingerprint density at radius 1 is 1.39 bits per heavy atom. The van der Waals surface area contributed by atoms with Crippen molar-refractivity contribution in [2.75, 3.05) is 38.7 Å². The maximum Gasteiger partial charge on any atom is 0.191 e. The molecule has 7 nitrogen and oxygen atoms in total. The van der Waals surface area contributed by atoms with E-state index in [1.54, 1.807) is 19.3 Å². The lowest BCUT2D eigenvalue weighted by molar-refractivity contribution is 0.298. The summed E-state index contributed by atoms with van der Waals surface area (Å²) in [5.41, 5.74) is 2.89. The van der Waals surface area contributed by atoms with Crippen LogP contribution in [0.3, 0.4) is 0 Å². The van der Waals surface area contributed by atoms with E-state index in [0.717, 1.165) is 37.1 Å². The standard InChI is InChI=1S/C23H27FN6O/c1-4-27-16-7-8-30(13-16)17-9-14-5-6-19(29-23(14)28-12-17)18-10-15(11-26-2)21(25)20(24)22(18)31-3/h5-6,9-12,16,25-27H,4,7-8,13H2,1-3H3/b15-11-,25-21?. The second-order valence-electron chi connectivity index (χ2n) is 7.59. The van der Waals surface area contributed by atoms with Crippen LogP contribution in [0, 0.1) is 5.41 Å². The number of pyridine rings is 2. The Kier molecular flexibility index (Phi) is 5.99. The monoisotopic (exact) mass is 422 g/mol.